The zero-order chi connectivity index (χ0) is 16.2. The van der Waals surface area contributed by atoms with E-state index in [1.165, 1.54) is 12.8 Å². The van der Waals surface area contributed by atoms with Gasteiger partial charge >= 0.3 is 5.97 Å². The summed E-state index contributed by atoms with van der Waals surface area (Å²) in [5, 5.41) is 0. The van der Waals surface area contributed by atoms with Crippen LogP contribution in [0.15, 0.2) is 43.0 Å². The lowest BCUT2D eigenvalue weighted by Crippen LogP contribution is -2.55. The van der Waals surface area contributed by atoms with Gasteiger partial charge in [0.1, 0.15) is 6.10 Å². The molecule has 3 nitrogen and oxygen atoms in total. The van der Waals surface area contributed by atoms with Crippen LogP contribution in [0.1, 0.15) is 49.4 Å². The highest BCUT2D eigenvalue weighted by atomic mass is 35.5. The third-order valence-electron chi connectivity index (χ3n) is 5.48. The Morgan fingerprint density at radius 2 is 2.00 bits per heavy atom. The number of nitrogens with zero attached hydrogens (tertiary/aromatic N) is 1. The Bertz CT molecular complexity index is 548. The molecule has 0 aromatic heterocycles. The van der Waals surface area contributed by atoms with Crippen molar-refractivity contribution in [1.29, 1.82) is 0 Å². The van der Waals surface area contributed by atoms with E-state index in [9.17, 15) is 4.79 Å². The quantitative estimate of drug-likeness (QED) is 0.593. The van der Waals surface area contributed by atoms with Crippen LogP contribution in [0.5, 0.6) is 0 Å². The molecule has 1 aromatic rings. The maximum absolute atomic E-state index is 12.4. The van der Waals surface area contributed by atoms with Crippen LogP contribution in [0, 0.1) is 5.92 Å². The van der Waals surface area contributed by atoms with E-state index in [4.69, 9.17) is 4.74 Å². The zero-order valence-electron chi connectivity index (χ0n) is 14.4. The number of likely N-dealkylation sites (tertiary alicyclic amines) is 1. The second-order valence-corrected chi connectivity index (χ2v) is 6.88. The van der Waals surface area contributed by atoms with Crippen molar-refractivity contribution in [2.45, 2.75) is 57.2 Å². The third-order valence-corrected chi connectivity index (χ3v) is 5.48. The van der Waals surface area contributed by atoms with E-state index in [0.29, 0.717) is 23.6 Å². The van der Waals surface area contributed by atoms with Crippen LogP contribution >= 0.6 is 12.4 Å². The predicted molar refractivity (Wildman–Crippen MR) is 99.6 cm³/mol. The summed E-state index contributed by atoms with van der Waals surface area (Å²) in [6.45, 7) is 7.14. The molecule has 4 atom stereocenters. The lowest BCUT2D eigenvalue weighted by molar-refractivity contribution is -0.0563. The van der Waals surface area contributed by atoms with E-state index < -0.39 is 0 Å². The molecule has 2 unspecified atom stereocenters. The number of hydrogen-bond acceptors (Lipinski definition) is 3. The van der Waals surface area contributed by atoms with E-state index in [-0.39, 0.29) is 24.5 Å². The molecule has 0 N–H and O–H groups in total. The molecule has 0 amide bonds. The summed E-state index contributed by atoms with van der Waals surface area (Å²) in [7, 11) is 0. The van der Waals surface area contributed by atoms with Crippen molar-refractivity contribution in [3.8, 4) is 0 Å². The Labute approximate surface area is 151 Å². The molecule has 1 saturated carbocycles. The number of carbonyl (C=O) groups excluding carboxylic acids is 1. The van der Waals surface area contributed by atoms with Gasteiger partial charge < -0.3 is 4.74 Å². The number of fused-ring (bicyclic) bond motifs is 1. The predicted octanol–water partition coefficient (Wildman–Crippen LogP) is 4.47. The van der Waals surface area contributed by atoms with Gasteiger partial charge in [-0.3, -0.25) is 4.90 Å². The largest absolute Gasteiger partial charge is 0.458 e. The molecule has 1 aromatic carbocycles. The van der Waals surface area contributed by atoms with Crippen LogP contribution in [0.4, 0.5) is 0 Å². The molecular formula is C20H28ClNO2. The Hall–Kier alpha value is -1.32. The molecule has 4 heteroatoms. The van der Waals surface area contributed by atoms with Gasteiger partial charge in [-0.05, 0) is 51.2 Å². The monoisotopic (exact) mass is 349 g/mol. The first-order valence-corrected chi connectivity index (χ1v) is 8.83. The number of rotatable bonds is 4. The lowest BCUT2D eigenvalue weighted by Gasteiger charge is -2.49. The summed E-state index contributed by atoms with van der Waals surface area (Å²) in [5.41, 5.74) is 0.654. The number of piperidine rings is 1. The van der Waals surface area contributed by atoms with Crippen molar-refractivity contribution < 1.29 is 9.53 Å². The van der Waals surface area contributed by atoms with E-state index in [1.54, 1.807) is 0 Å². The van der Waals surface area contributed by atoms with Gasteiger partial charge in [0, 0.05) is 24.5 Å². The second-order valence-electron chi connectivity index (χ2n) is 6.88. The van der Waals surface area contributed by atoms with Crippen LogP contribution in [-0.4, -0.2) is 35.6 Å². The van der Waals surface area contributed by atoms with Gasteiger partial charge in [0.05, 0.1) is 5.56 Å². The smallest absolute Gasteiger partial charge is 0.338 e. The van der Waals surface area contributed by atoms with Crippen molar-refractivity contribution in [2.75, 3.05) is 6.54 Å². The van der Waals surface area contributed by atoms with Crippen LogP contribution in [0.25, 0.3) is 0 Å². The Balaban J connectivity index is 0.00000208. The summed E-state index contributed by atoms with van der Waals surface area (Å²) < 4.78 is 5.92. The molecule has 0 radical (unpaired) electrons. The average molecular weight is 350 g/mol. The van der Waals surface area contributed by atoms with Gasteiger partial charge in [-0.25, -0.2) is 4.79 Å². The van der Waals surface area contributed by atoms with Gasteiger partial charge in [-0.1, -0.05) is 24.3 Å². The number of carbonyl (C=O) groups is 1. The van der Waals surface area contributed by atoms with Gasteiger partial charge in [0.25, 0.3) is 0 Å². The number of hydrogen-bond donors (Lipinski definition) is 0. The van der Waals surface area contributed by atoms with Crippen LogP contribution < -0.4 is 0 Å². The van der Waals surface area contributed by atoms with Crippen LogP contribution in [0.2, 0.25) is 0 Å². The van der Waals surface area contributed by atoms with Crippen molar-refractivity contribution in [3.05, 3.63) is 48.6 Å². The number of halogens is 1. The molecule has 1 aliphatic heterocycles. The molecule has 2 fully saturated rings. The minimum absolute atomic E-state index is 0. The summed E-state index contributed by atoms with van der Waals surface area (Å²) >= 11 is 0. The summed E-state index contributed by atoms with van der Waals surface area (Å²) in [5.74, 6) is 0.290. The van der Waals surface area contributed by atoms with E-state index in [0.717, 1.165) is 25.8 Å². The average Bonchev–Trinajstić information content (AvgIpc) is 2.58. The van der Waals surface area contributed by atoms with Crippen molar-refractivity contribution in [1.82, 2.24) is 4.90 Å². The number of ether oxygens (including phenoxy) is 1. The molecule has 1 aliphatic carbocycles. The lowest BCUT2D eigenvalue weighted by atomic mass is 9.74. The number of benzene rings is 1. The van der Waals surface area contributed by atoms with E-state index in [2.05, 4.69) is 18.4 Å². The highest BCUT2D eigenvalue weighted by Gasteiger charge is 2.42. The molecule has 3 rings (SSSR count). The second kappa shape index (κ2) is 8.68. The summed E-state index contributed by atoms with van der Waals surface area (Å²) in [6.07, 6.45) is 7.73. The van der Waals surface area contributed by atoms with Crippen molar-refractivity contribution in [2.24, 2.45) is 5.92 Å². The molecule has 0 bridgehead atoms. The van der Waals surface area contributed by atoms with Gasteiger partial charge in [0.2, 0.25) is 0 Å². The number of esters is 1. The SMILES string of the molecule is C=CCN1C2CCCC(OC(=O)c3ccccc3)[C@H]2CC[C@H]1C.Cl. The fourth-order valence-corrected chi connectivity index (χ4v) is 4.31. The summed E-state index contributed by atoms with van der Waals surface area (Å²) in [4.78, 5) is 15.0. The minimum atomic E-state index is -0.176. The zero-order valence-corrected chi connectivity index (χ0v) is 15.2. The molecule has 1 saturated heterocycles. The van der Waals surface area contributed by atoms with Gasteiger partial charge in [0.15, 0.2) is 0 Å². The first-order chi connectivity index (χ1) is 11.2. The highest BCUT2D eigenvalue weighted by Crippen LogP contribution is 2.39. The maximum atomic E-state index is 12.4. The first-order valence-electron chi connectivity index (χ1n) is 8.83. The molecule has 0 spiro atoms. The Kier molecular flexibility index (Phi) is 6.88. The minimum Gasteiger partial charge on any atom is -0.458 e. The standard InChI is InChI=1S/C20H27NO2.ClH/c1-3-14-21-15(2)12-13-17-18(21)10-7-11-19(17)23-20(22)16-8-5-4-6-9-16;/h3-6,8-9,15,17-19H,1,7,10-14H2,2H3;1H/t15-,17+,18?,19?;/m1./s1. The van der Waals surface area contributed by atoms with Crippen LogP contribution in [0.3, 0.4) is 0 Å². The Morgan fingerprint density at radius 1 is 1.25 bits per heavy atom. The molecule has 24 heavy (non-hydrogen) atoms. The first kappa shape index (κ1) is 19.0. The van der Waals surface area contributed by atoms with E-state index in [1.807, 2.05) is 36.4 Å². The highest BCUT2D eigenvalue weighted by molar-refractivity contribution is 5.89. The third kappa shape index (κ3) is 4.01. The van der Waals surface area contributed by atoms with E-state index >= 15 is 0 Å². The molecular weight excluding hydrogens is 322 g/mol. The van der Waals surface area contributed by atoms with Gasteiger partial charge in [-0.2, -0.15) is 0 Å². The molecule has 2 aliphatic rings. The van der Waals surface area contributed by atoms with Crippen molar-refractivity contribution >= 4 is 18.4 Å². The topological polar surface area (TPSA) is 29.5 Å². The fourth-order valence-electron chi connectivity index (χ4n) is 4.31. The van der Waals surface area contributed by atoms with Crippen molar-refractivity contribution in [3.63, 3.8) is 0 Å². The summed E-state index contributed by atoms with van der Waals surface area (Å²) in [6, 6.07) is 10.5. The Morgan fingerprint density at radius 3 is 2.71 bits per heavy atom. The maximum Gasteiger partial charge on any atom is 0.338 e. The molecule has 1 heterocycles. The van der Waals surface area contributed by atoms with Gasteiger partial charge in [-0.15, -0.1) is 19.0 Å². The normalized spacial score (nSPS) is 29.9. The fraction of sp³-hybridized carbons (Fsp3) is 0.550. The molecule has 132 valence electrons. The van der Waals surface area contributed by atoms with Crippen LogP contribution in [-0.2, 0) is 4.74 Å².